The standard InChI is InChI=1S/C18H25N3O5S/c1-12(19-17(25)15-6-4-10-27-15)18(26)20-8-3-5-14(7-9-20)21(13(2)22)11-16(23)24/h4,6,10,12,14H,3,5,7-9,11H2,1-2H3,(H,19,25)(H,23,24). The second kappa shape index (κ2) is 9.50. The van der Waals surface area contributed by atoms with E-state index in [0.29, 0.717) is 37.2 Å². The maximum atomic E-state index is 12.7. The van der Waals surface area contributed by atoms with Crippen LogP contribution in [0.25, 0.3) is 0 Å². The number of nitrogens with one attached hydrogen (secondary N) is 1. The lowest BCUT2D eigenvalue weighted by Crippen LogP contribution is -2.47. The zero-order valence-corrected chi connectivity index (χ0v) is 16.3. The van der Waals surface area contributed by atoms with Gasteiger partial charge in [0.25, 0.3) is 5.91 Å². The molecule has 3 amide bonds. The third kappa shape index (κ3) is 5.78. The number of rotatable bonds is 6. The number of nitrogens with zero attached hydrogens (tertiary/aromatic N) is 2. The first-order chi connectivity index (χ1) is 12.8. The van der Waals surface area contributed by atoms with Crippen molar-refractivity contribution in [1.82, 2.24) is 15.1 Å². The topological polar surface area (TPSA) is 107 Å². The summed E-state index contributed by atoms with van der Waals surface area (Å²) in [6.07, 6.45) is 1.84. The van der Waals surface area contributed by atoms with Crippen LogP contribution in [0.2, 0.25) is 0 Å². The van der Waals surface area contributed by atoms with Crippen LogP contribution in [0.4, 0.5) is 0 Å². The Morgan fingerprint density at radius 3 is 2.67 bits per heavy atom. The maximum absolute atomic E-state index is 12.7. The molecule has 9 heteroatoms. The molecule has 0 saturated carbocycles. The van der Waals surface area contributed by atoms with Crippen LogP contribution in [0.5, 0.6) is 0 Å². The summed E-state index contributed by atoms with van der Waals surface area (Å²) in [6.45, 7) is 3.63. The molecule has 1 aromatic rings. The number of carboxylic acids is 1. The van der Waals surface area contributed by atoms with Crippen molar-refractivity contribution < 1.29 is 24.3 Å². The van der Waals surface area contributed by atoms with Crippen LogP contribution in [0.3, 0.4) is 0 Å². The number of likely N-dealkylation sites (tertiary alicyclic amines) is 1. The van der Waals surface area contributed by atoms with E-state index in [1.54, 1.807) is 29.3 Å². The summed E-state index contributed by atoms with van der Waals surface area (Å²) in [4.78, 5) is 51.2. The fourth-order valence-electron chi connectivity index (χ4n) is 3.27. The van der Waals surface area contributed by atoms with Crippen LogP contribution in [0.1, 0.15) is 42.8 Å². The Balaban J connectivity index is 1.94. The quantitative estimate of drug-likeness (QED) is 0.752. The summed E-state index contributed by atoms with van der Waals surface area (Å²) >= 11 is 1.31. The zero-order valence-electron chi connectivity index (χ0n) is 15.5. The Kier molecular flexibility index (Phi) is 7.35. The summed E-state index contributed by atoms with van der Waals surface area (Å²) in [7, 11) is 0. The molecular formula is C18H25N3O5S. The number of carboxylic acid groups (broad SMARTS) is 1. The molecule has 1 aromatic heterocycles. The van der Waals surface area contributed by atoms with Gasteiger partial charge < -0.3 is 20.2 Å². The van der Waals surface area contributed by atoms with Gasteiger partial charge in [-0.25, -0.2) is 0 Å². The van der Waals surface area contributed by atoms with Crippen molar-refractivity contribution in [2.75, 3.05) is 19.6 Å². The third-order valence-electron chi connectivity index (χ3n) is 4.62. The van der Waals surface area contributed by atoms with Gasteiger partial charge in [0.05, 0.1) is 4.88 Å². The summed E-state index contributed by atoms with van der Waals surface area (Å²) in [6, 6.07) is 2.62. The normalized spacial score (nSPS) is 18.3. The molecule has 1 saturated heterocycles. The first kappa shape index (κ1) is 20.9. The highest BCUT2D eigenvalue weighted by molar-refractivity contribution is 7.12. The minimum atomic E-state index is -1.05. The van der Waals surface area contributed by atoms with Crippen molar-refractivity contribution in [3.05, 3.63) is 22.4 Å². The van der Waals surface area contributed by atoms with Gasteiger partial charge in [-0.05, 0) is 37.6 Å². The maximum Gasteiger partial charge on any atom is 0.323 e. The predicted molar refractivity (Wildman–Crippen MR) is 100 cm³/mol. The van der Waals surface area contributed by atoms with Gasteiger partial charge in [0.15, 0.2) is 0 Å². The smallest absolute Gasteiger partial charge is 0.323 e. The van der Waals surface area contributed by atoms with E-state index in [2.05, 4.69) is 5.32 Å². The highest BCUT2D eigenvalue weighted by Crippen LogP contribution is 2.18. The molecule has 148 valence electrons. The second-order valence-electron chi connectivity index (χ2n) is 6.62. The van der Waals surface area contributed by atoms with Gasteiger partial charge >= 0.3 is 5.97 Å². The van der Waals surface area contributed by atoms with Crippen molar-refractivity contribution in [2.45, 2.75) is 45.2 Å². The number of aliphatic carboxylic acids is 1. The molecule has 2 atom stereocenters. The van der Waals surface area contributed by atoms with E-state index in [-0.39, 0.29) is 30.3 Å². The number of hydrogen-bond donors (Lipinski definition) is 2. The van der Waals surface area contributed by atoms with Crippen molar-refractivity contribution in [3.63, 3.8) is 0 Å². The van der Waals surface area contributed by atoms with Crippen molar-refractivity contribution in [1.29, 1.82) is 0 Å². The number of amides is 3. The van der Waals surface area contributed by atoms with Crippen LogP contribution in [0.15, 0.2) is 17.5 Å². The van der Waals surface area contributed by atoms with E-state index in [0.717, 1.165) is 0 Å². The fourth-order valence-corrected chi connectivity index (χ4v) is 3.89. The van der Waals surface area contributed by atoms with Gasteiger partial charge in [-0.15, -0.1) is 11.3 Å². The molecule has 2 rings (SSSR count). The number of carbonyl (C=O) groups excluding carboxylic acids is 3. The zero-order chi connectivity index (χ0) is 20.0. The van der Waals surface area contributed by atoms with E-state index >= 15 is 0 Å². The van der Waals surface area contributed by atoms with Gasteiger partial charge in [0.2, 0.25) is 11.8 Å². The predicted octanol–water partition coefficient (Wildman–Crippen LogP) is 1.18. The van der Waals surface area contributed by atoms with Crippen LogP contribution >= 0.6 is 11.3 Å². The fraction of sp³-hybridized carbons (Fsp3) is 0.556. The molecule has 0 radical (unpaired) electrons. The largest absolute Gasteiger partial charge is 0.480 e. The van der Waals surface area contributed by atoms with Crippen LogP contribution in [0, 0.1) is 0 Å². The third-order valence-corrected chi connectivity index (χ3v) is 5.49. The lowest BCUT2D eigenvalue weighted by molar-refractivity contribution is -0.145. The molecule has 2 unspecified atom stereocenters. The summed E-state index contributed by atoms with van der Waals surface area (Å²) < 4.78 is 0. The Hall–Kier alpha value is -2.42. The van der Waals surface area contributed by atoms with E-state index in [4.69, 9.17) is 5.11 Å². The molecular weight excluding hydrogens is 370 g/mol. The number of carbonyl (C=O) groups is 4. The van der Waals surface area contributed by atoms with Crippen molar-refractivity contribution in [2.24, 2.45) is 0 Å². The molecule has 0 bridgehead atoms. The lowest BCUT2D eigenvalue weighted by Gasteiger charge is -2.29. The van der Waals surface area contributed by atoms with Gasteiger partial charge in [0.1, 0.15) is 12.6 Å². The molecule has 1 aliphatic rings. The molecule has 2 N–H and O–H groups in total. The molecule has 0 aliphatic carbocycles. The minimum absolute atomic E-state index is 0.173. The van der Waals surface area contributed by atoms with E-state index in [1.165, 1.54) is 23.2 Å². The molecule has 27 heavy (non-hydrogen) atoms. The molecule has 0 aromatic carbocycles. The lowest BCUT2D eigenvalue weighted by atomic mass is 10.1. The van der Waals surface area contributed by atoms with Gasteiger partial charge in [0, 0.05) is 26.1 Å². The Morgan fingerprint density at radius 2 is 2.07 bits per heavy atom. The van der Waals surface area contributed by atoms with E-state index in [1.807, 2.05) is 0 Å². The van der Waals surface area contributed by atoms with Crippen LogP contribution < -0.4 is 5.32 Å². The SMILES string of the molecule is CC(=O)N(CC(=O)O)C1CCCN(C(=O)C(C)NC(=O)c2cccs2)CC1. The monoisotopic (exact) mass is 395 g/mol. The average Bonchev–Trinajstić information content (AvgIpc) is 3.04. The molecule has 2 heterocycles. The number of hydrogen-bond acceptors (Lipinski definition) is 5. The highest BCUT2D eigenvalue weighted by atomic mass is 32.1. The molecule has 0 spiro atoms. The second-order valence-corrected chi connectivity index (χ2v) is 7.57. The highest BCUT2D eigenvalue weighted by Gasteiger charge is 2.29. The summed E-state index contributed by atoms with van der Waals surface area (Å²) in [5, 5.41) is 13.5. The average molecular weight is 395 g/mol. The van der Waals surface area contributed by atoms with Crippen LogP contribution in [-0.2, 0) is 14.4 Å². The first-order valence-electron chi connectivity index (χ1n) is 8.91. The number of thiophene rings is 1. The molecule has 8 nitrogen and oxygen atoms in total. The van der Waals surface area contributed by atoms with E-state index in [9.17, 15) is 19.2 Å². The Labute approximate surface area is 162 Å². The van der Waals surface area contributed by atoms with Gasteiger partial charge in [-0.1, -0.05) is 6.07 Å². The summed E-state index contributed by atoms with van der Waals surface area (Å²) in [5.41, 5.74) is 0. The minimum Gasteiger partial charge on any atom is -0.480 e. The molecule has 1 aliphatic heterocycles. The Morgan fingerprint density at radius 1 is 1.33 bits per heavy atom. The van der Waals surface area contributed by atoms with Crippen LogP contribution in [-0.4, -0.2) is 70.3 Å². The Bertz CT molecular complexity index is 691. The molecule has 1 fully saturated rings. The van der Waals surface area contributed by atoms with Gasteiger partial charge in [-0.3, -0.25) is 19.2 Å². The first-order valence-corrected chi connectivity index (χ1v) is 9.79. The van der Waals surface area contributed by atoms with Crippen molar-refractivity contribution in [3.8, 4) is 0 Å². The van der Waals surface area contributed by atoms with E-state index < -0.39 is 12.0 Å². The van der Waals surface area contributed by atoms with Crippen molar-refractivity contribution >= 4 is 35.0 Å². The summed E-state index contributed by atoms with van der Waals surface area (Å²) in [5.74, 6) is -1.78. The van der Waals surface area contributed by atoms with Gasteiger partial charge in [-0.2, -0.15) is 0 Å².